The Morgan fingerprint density at radius 1 is 0.853 bits per heavy atom. The van der Waals surface area contributed by atoms with E-state index in [2.05, 4.69) is 18.2 Å². The van der Waals surface area contributed by atoms with Crippen LogP contribution in [0, 0.1) is 10.8 Å². The summed E-state index contributed by atoms with van der Waals surface area (Å²) in [6.45, 7) is 10.9. The topological polar surface area (TPSA) is 52.6 Å². The molecule has 0 fully saturated rings. The summed E-state index contributed by atoms with van der Waals surface area (Å²) in [6, 6.07) is 14.3. The van der Waals surface area contributed by atoms with E-state index in [-0.39, 0.29) is 0 Å². The van der Waals surface area contributed by atoms with E-state index in [1.54, 1.807) is 0 Å². The van der Waals surface area contributed by atoms with Crippen molar-refractivity contribution in [2.75, 3.05) is 0 Å². The van der Waals surface area contributed by atoms with Crippen molar-refractivity contribution in [1.29, 1.82) is 0 Å². The van der Waals surface area contributed by atoms with Crippen LogP contribution >= 0.6 is 0 Å². The molecule has 0 radical (unpaired) electrons. The molecule has 0 amide bonds. The van der Waals surface area contributed by atoms with Gasteiger partial charge >= 0.3 is 205 Å². The van der Waals surface area contributed by atoms with E-state index in [0.717, 1.165) is 24.4 Å². The summed E-state index contributed by atoms with van der Waals surface area (Å²) in [5.41, 5.74) is 2.90. The molecule has 5 heteroatoms. The van der Waals surface area contributed by atoms with E-state index in [1.807, 2.05) is 84.0 Å². The molecule has 0 unspecified atom stereocenters. The molecule has 2 aromatic carbocycles. The first-order valence-electron chi connectivity index (χ1n) is 11.8. The van der Waals surface area contributed by atoms with Crippen molar-refractivity contribution >= 4 is 20.6 Å². The molecule has 0 N–H and O–H groups in total. The van der Waals surface area contributed by atoms with Crippen LogP contribution in [-0.2, 0) is 38.3 Å². The van der Waals surface area contributed by atoms with Crippen molar-refractivity contribution < 1.29 is 31.8 Å². The Labute approximate surface area is 204 Å². The Morgan fingerprint density at radius 3 is 2.00 bits per heavy atom. The SMILES string of the molecule is [CH2]=[Ti]([O]C(=O)C(C)(C)C)([O]C(=O)C(C)(C)C)([C]1=CC=CC1)[c]1cccc2c1Cc1ccccc1-2. The van der Waals surface area contributed by atoms with Crippen LogP contribution in [-0.4, -0.2) is 16.8 Å². The van der Waals surface area contributed by atoms with Gasteiger partial charge in [-0.25, -0.2) is 0 Å². The Morgan fingerprint density at radius 2 is 1.44 bits per heavy atom. The van der Waals surface area contributed by atoms with Crippen molar-refractivity contribution in [3.63, 3.8) is 0 Å². The summed E-state index contributed by atoms with van der Waals surface area (Å²) in [5.74, 6) is -0.829. The summed E-state index contributed by atoms with van der Waals surface area (Å²) < 4.78 is 14.7. The number of hydrogen-bond acceptors (Lipinski definition) is 4. The first-order valence-corrected chi connectivity index (χ1v) is 15.8. The Bertz CT molecular complexity index is 1280. The summed E-state index contributed by atoms with van der Waals surface area (Å²) in [6.07, 6.45) is 7.06. The van der Waals surface area contributed by atoms with Gasteiger partial charge < -0.3 is 0 Å². The zero-order valence-corrected chi connectivity index (χ0v) is 22.6. The third-order valence-electron chi connectivity index (χ3n) is 6.66. The number of fused-ring (bicyclic) bond motifs is 3. The average Bonchev–Trinajstić information content (AvgIpc) is 3.41. The fourth-order valence-corrected chi connectivity index (χ4v) is 11.6. The fourth-order valence-electron chi connectivity index (χ4n) is 4.59. The van der Waals surface area contributed by atoms with E-state index in [9.17, 15) is 9.59 Å². The van der Waals surface area contributed by atoms with E-state index < -0.39 is 38.4 Å². The molecule has 2 aliphatic rings. The summed E-state index contributed by atoms with van der Waals surface area (Å²) in [4.78, 5) is 31.7. The first kappa shape index (κ1) is 24.6. The second-order valence-electron chi connectivity index (χ2n) is 11.5. The van der Waals surface area contributed by atoms with Gasteiger partial charge in [0.1, 0.15) is 0 Å². The quantitative estimate of drug-likeness (QED) is 0.427. The summed E-state index contributed by atoms with van der Waals surface area (Å²) in [7, 11) is 0. The molecule has 0 atom stereocenters. The molecular formula is C29H34O4Ti. The van der Waals surface area contributed by atoms with E-state index in [4.69, 9.17) is 11.5 Å². The average molecular weight is 494 g/mol. The Balaban J connectivity index is 2.04. The molecule has 0 spiro atoms. The molecule has 0 saturated heterocycles. The Kier molecular flexibility index (Phi) is 5.78. The van der Waals surface area contributed by atoms with Crippen LogP contribution in [0.4, 0.5) is 0 Å². The zero-order chi connectivity index (χ0) is 25.0. The molecule has 0 aromatic heterocycles. The molecule has 0 heterocycles. The van der Waals surface area contributed by atoms with Crippen molar-refractivity contribution in [3.8, 4) is 11.1 Å². The maximum atomic E-state index is 13.5. The van der Waals surface area contributed by atoms with Crippen LogP contribution in [0.15, 0.2) is 64.6 Å². The minimum absolute atomic E-state index is 0.415. The van der Waals surface area contributed by atoms with E-state index in [0.29, 0.717) is 12.8 Å². The molecule has 4 nitrogen and oxygen atoms in total. The number of carbonyl (C=O) groups is 2. The van der Waals surface area contributed by atoms with Gasteiger partial charge in [0.25, 0.3) is 0 Å². The van der Waals surface area contributed by atoms with Crippen LogP contribution in [0.3, 0.4) is 0 Å². The van der Waals surface area contributed by atoms with Crippen molar-refractivity contribution in [2.45, 2.75) is 54.4 Å². The summed E-state index contributed by atoms with van der Waals surface area (Å²) in [5, 5.41) is 0. The minimum atomic E-state index is -5.42. The number of allylic oxidation sites excluding steroid dienone is 4. The second kappa shape index (κ2) is 8.00. The molecule has 4 rings (SSSR count). The van der Waals surface area contributed by atoms with E-state index >= 15 is 0 Å². The summed E-state index contributed by atoms with van der Waals surface area (Å²) >= 11 is -5.42. The number of rotatable bonds is 4. The van der Waals surface area contributed by atoms with Gasteiger partial charge in [0.15, 0.2) is 0 Å². The van der Waals surface area contributed by atoms with Crippen molar-refractivity contribution in [2.24, 2.45) is 10.8 Å². The predicted octanol–water partition coefficient (Wildman–Crippen LogP) is 5.86. The van der Waals surface area contributed by atoms with Crippen LogP contribution in [0.1, 0.15) is 59.1 Å². The van der Waals surface area contributed by atoms with Crippen molar-refractivity contribution in [3.05, 3.63) is 75.7 Å². The molecule has 0 aliphatic heterocycles. The van der Waals surface area contributed by atoms with Crippen LogP contribution in [0.5, 0.6) is 0 Å². The maximum absolute atomic E-state index is 13.5. The molecule has 34 heavy (non-hydrogen) atoms. The van der Waals surface area contributed by atoms with Gasteiger partial charge in [-0.3, -0.25) is 0 Å². The third-order valence-corrected chi connectivity index (χ3v) is 13.6. The molecule has 178 valence electrons. The van der Waals surface area contributed by atoms with Gasteiger partial charge in [-0.15, -0.1) is 0 Å². The fraction of sp³-hybridized carbons (Fsp3) is 0.345. The van der Waals surface area contributed by atoms with E-state index in [1.165, 1.54) is 5.56 Å². The van der Waals surface area contributed by atoms with Gasteiger partial charge in [0.05, 0.1) is 0 Å². The molecular weight excluding hydrogens is 460 g/mol. The first-order chi connectivity index (χ1) is 15.7. The van der Waals surface area contributed by atoms with Crippen LogP contribution in [0.25, 0.3) is 11.1 Å². The second-order valence-corrected chi connectivity index (χ2v) is 17.9. The molecule has 0 saturated carbocycles. The van der Waals surface area contributed by atoms with Crippen molar-refractivity contribution in [1.82, 2.24) is 0 Å². The van der Waals surface area contributed by atoms with Crippen LogP contribution < -0.4 is 3.87 Å². The van der Waals surface area contributed by atoms with Crippen LogP contribution in [0.2, 0.25) is 0 Å². The standard InChI is InChI=1S/C13H9.2C5H10O2.C5H5.CH2.Ti/c1-3-7-12-10(5-1)9-11-6-2-4-8-13(11)12;2*1-5(2,3)4(6)7;1-2-4-5-3-1;;/h1-5,7-8H,9H2;2*1-3H3,(H,6,7);1-3H,4H2;1H2;/q;;;;;+2/p-2. The monoisotopic (exact) mass is 494 g/mol. The normalized spacial score (nSPS) is 15.4. The number of hydrogen-bond donors (Lipinski definition) is 0. The number of benzene rings is 2. The van der Waals surface area contributed by atoms with Gasteiger partial charge in [0, 0.05) is 0 Å². The Hall–Kier alpha value is -2.56. The van der Waals surface area contributed by atoms with Gasteiger partial charge in [-0.2, -0.15) is 0 Å². The van der Waals surface area contributed by atoms with Gasteiger partial charge in [-0.05, 0) is 0 Å². The molecule has 0 bridgehead atoms. The van der Waals surface area contributed by atoms with Gasteiger partial charge in [-0.1, -0.05) is 0 Å². The third kappa shape index (κ3) is 3.97. The zero-order valence-electron chi connectivity index (χ0n) is 21.0. The number of carbonyl (C=O) groups excluding carboxylic acids is 2. The predicted molar refractivity (Wildman–Crippen MR) is 134 cm³/mol. The molecule has 2 aliphatic carbocycles. The molecule has 2 aromatic rings. The van der Waals surface area contributed by atoms with Gasteiger partial charge in [0.2, 0.25) is 0 Å².